The van der Waals surface area contributed by atoms with Crippen molar-refractivity contribution in [3.8, 4) is 0 Å². The average molecular weight is 497 g/mol. The summed E-state index contributed by atoms with van der Waals surface area (Å²) in [4.78, 5) is 5.61. The van der Waals surface area contributed by atoms with Crippen LogP contribution in [-0.2, 0) is 12.4 Å². The molecule has 0 aliphatic heterocycles. The maximum absolute atomic E-state index is 13.7. The van der Waals surface area contributed by atoms with Crippen LogP contribution < -0.4 is 0 Å². The zero-order chi connectivity index (χ0) is 25.8. The molecule has 2 nitrogen and oxygen atoms in total. The predicted octanol–water partition coefficient (Wildman–Crippen LogP) is 8.66. The second-order valence-electron chi connectivity index (χ2n) is 9.07. The molecule has 1 aromatic heterocycles. The maximum Gasteiger partial charge on any atom is 0.433 e. The van der Waals surface area contributed by atoms with E-state index < -0.39 is 35.0 Å². The third-order valence-corrected chi connectivity index (χ3v) is 6.52. The summed E-state index contributed by atoms with van der Waals surface area (Å²) >= 11 is 0. The molecule has 1 aromatic carbocycles. The van der Waals surface area contributed by atoms with E-state index in [-0.39, 0.29) is 17.0 Å². The molecule has 8 heteroatoms. The van der Waals surface area contributed by atoms with E-state index in [9.17, 15) is 26.3 Å². The molecule has 0 bridgehead atoms. The second kappa shape index (κ2) is 10.9. The lowest BCUT2D eigenvalue weighted by Crippen LogP contribution is -2.38. The molecule has 35 heavy (non-hydrogen) atoms. The van der Waals surface area contributed by atoms with Crippen LogP contribution in [0.4, 0.5) is 26.3 Å². The van der Waals surface area contributed by atoms with E-state index in [1.165, 1.54) is 12.1 Å². The highest BCUT2D eigenvalue weighted by Gasteiger charge is 2.38. The highest BCUT2D eigenvalue weighted by atomic mass is 19.4. The van der Waals surface area contributed by atoms with Crippen molar-refractivity contribution in [2.75, 3.05) is 6.54 Å². The van der Waals surface area contributed by atoms with Gasteiger partial charge in [-0.15, -0.1) is 0 Å². The molecular formula is C27H30F6N2. The van der Waals surface area contributed by atoms with Crippen LogP contribution in [0.2, 0.25) is 0 Å². The second-order valence-corrected chi connectivity index (χ2v) is 9.07. The molecule has 190 valence electrons. The molecular weight excluding hydrogens is 466 g/mol. The predicted molar refractivity (Wildman–Crippen MR) is 127 cm³/mol. The monoisotopic (exact) mass is 496 g/mol. The van der Waals surface area contributed by atoms with Gasteiger partial charge in [-0.3, -0.25) is 0 Å². The van der Waals surface area contributed by atoms with Crippen LogP contribution in [0.3, 0.4) is 0 Å². The van der Waals surface area contributed by atoms with E-state index in [0.717, 1.165) is 49.9 Å². The van der Waals surface area contributed by atoms with Crippen molar-refractivity contribution in [2.45, 2.75) is 70.3 Å². The molecule has 0 amide bonds. The highest BCUT2D eigenvalue weighted by Crippen LogP contribution is 2.40. The topological polar surface area (TPSA) is 16.1 Å². The number of para-hydroxylation sites is 1. The van der Waals surface area contributed by atoms with Crippen LogP contribution in [0.1, 0.15) is 68.7 Å². The maximum atomic E-state index is 13.7. The number of benzene rings is 1. The number of allylic oxidation sites excluding steroid dienone is 5. The molecule has 1 aliphatic carbocycles. The zero-order valence-electron chi connectivity index (χ0n) is 19.9. The van der Waals surface area contributed by atoms with Crippen LogP contribution >= 0.6 is 0 Å². The number of hydrogen-bond donors (Lipinski definition) is 0. The van der Waals surface area contributed by atoms with E-state index >= 15 is 0 Å². The van der Waals surface area contributed by atoms with E-state index in [2.05, 4.69) is 16.5 Å². The molecule has 0 spiro atoms. The first-order valence-corrected chi connectivity index (χ1v) is 11.7. The van der Waals surface area contributed by atoms with Crippen molar-refractivity contribution in [3.63, 3.8) is 0 Å². The summed E-state index contributed by atoms with van der Waals surface area (Å²) in [6.45, 7) is 7.74. The molecule has 1 aliphatic rings. The molecule has 0 radical (unpaired) electrons. The molecule has 3 rings (SSSR count). The van der Waals surface area contributed by atoms with Crippen molar-refractivity contribution < 1.29 is 26.3 Å². The number of hydrogen-bond acceptors (Lipinski definition) is 2. The Hall–Kier alpha value is -2.77. The Morgan fingerprint density at radius 2 is 1.77 bits per heavy atom. The molecule has 0 N–H and O–H groups in total. The van der Waals surface area contributed by atoms with Gasteiger partial charge in [0, 0.05) is 23.7 Å². The normalized spacial score (nSPS) is 17.2. The summed E-state index contributed by atoms with van der Waals surface area (Å²) in [5, 5.41) is 0.0945. The average Bonchev–Trinajstić information content (AvgIpc) is 2.80. The minimum absolute atomic E-state index is 0.0945. The molecule has 1 unspecified atom stereocenters. The zero-order valence-corrected chi connectivity index (χ0v) is 19.9. The Balaban J connectivity index is 2.10. The summed E-state index contributed by atoms with van der Waals surface area (Å²) in [6.07, 6.45) is 2.74. The van der Waals surface area contributed by atoms with Gasteiger partial charge in [0.25, 0.3) is 0 Å². The number of halogens is 6. The van der Waals surface area contributed by atoms with Gasteiger partial charge in [-0.1, -0.05) is 63.1 Å². The third-order valence-electron chi connectivity index (χ3n) is 6.52. The van der Waals surface area contributed by atoms with Crippen LogP contribution in [0.5, 0.6) is 0 Å². The number of aromatic nitrogens is 1. The van der Waals surface area contributed by atoms with Crippen molar-refractivity contribution in [2.24, 2.45) is 0 Å². The minimum Gasteiger partial charge on any atom is -0.371 e. The van der Waals surface area contributed by atoms with E-state index in [4.69, 9.17) is 0 Å². The van der Waals surface area contributed by atoms with Crippen LogP contribution in [0, 0.1) is 0 Å². The van der Waals surface area contributed by atoms with Crippen molar-refractivity contribution >= 4 is 10.9 Å². The first-order valence-electron chi connectivity index (χ1n) is 11.7. The molecule has 1 saturated carbocycles. The summed E-state index contributed by atoms with van der Waals surface area (Å²) in [5.74, 6) is -0.473. The summed E-state index contributed by atoms with van der Waals surface area (Å²) < 4.78 is 81.9. The van der Waals surface area contributed by atoms with Gasteiger partial charge in [0.2, 0.25) is 0 Å². The van der Waals surface area contributed by atoms with E-state index in [0.29, 0.717) is 6.54 Å². The SMILES string of the molecule is C=CC=CC=C(C)N(CC(C)c1cc(C(F)(F)F)nc2c(C(F)(F)F)cccc12)C1CCCCC1. The van der Waals surface area contributed by atoms with Gasteiger partial charge in [0.1, 0.15) is 5.69 Å². The summed E-state index contributed by atoms with van der Waals surface area (Å²) in [6, 6.07) is 4.55. The Morgan fingerprint density at radius 3 is 2.37 bits per heavy atom. The number of rotatable bonds is 7. The fourth-order valence-electron chi connectivity index (χ4n) is 4.79. The van der Waals surface area contributed by atoms with Gasteiger partial charge in [0.15, 0.2) is 0 Å². The van der Waals surface area contributed by atoms with Gasteiger partial charge in [-0.05, 0) is 49.5 Å². The first-order chi connectivity index (χ1) is 16.4. The first kappa shape index (κ1) is 26.8. The number of alkyl halides is 6. The Morgan fingerprint density at radius 1 is 1.09 bits per heavy atom. The quantitative estimate of drug-likeness (QED) is 0.282. The molecule has 0 saturated heterocycles. The largest absolute Gasteiger partial charge is 0.433 e. The Kier molecular flexibility index (Phi) is 8.34. The minimum atomic E-state index is -4.87. The fourth-order valence-corrected chi connectivity index (χ4v) is 4.79. The van der Waals surface area contributed by atoms with Crippen molar-refractivity contribution in [3.05, 3.63) is 77.7 Å². The highest BCUT2D eigenvalue weighted by molar-refractivity contribution is 5.86. The lowest BCUT2D eigenvalue weighted by Gasteiger charge is -2.38. The van der Waals surface area contributed by atoms with Crippen molar-refractivity contribution in [1.82, 2.24) is 9.88 Å². The van der Waals surface area contributed by atoms with Crippen LogP contribution in [0.25, 0.3) is 10.9 Å². The van der Waals surface area contributed by atoms with Gasteiger partial charge in [0.05, 0.1) is 11.1 Å². The van der Waals surface area contributed by atoms with Gasteiger partial charge in [-0.25, -0.2) is 4.98 Å². The summed E-state index contributed by atoms with van der Waals surface area (Å²) in [5.41, 5.74) is -1.98. The Bertz CT molecular complexity index is 1090. The molecule has 2 aromatic rings. The van der Waals surface area contributed by atoms with E-state index in [1.807, 2.05) is 19.1 Å². The Labute approximate surface area is 202 Å². The summed E-state index contributed by atoms with van der Waals surface area (Å²) in [7, 11) is 0. The van der Waals surface area contributed by atoms with Crippen molar-refractivity contribution in [1.29, 1.82) is 0 Å². The smallest absolute Gasteiger partial charge is 0.371 e. The lowest BCUT2D eigenvalue weighted by atomic mass is 9.90. The van der Waals surface area contributed by atoms with E-state index in [1.54, 1.807) is 19.1 Å². The van der Waals surface area contributed by atoms with Crippen LogP contribution in [0.15, 0.2) is 60.8 Å². The number of nitrogens with zero attached hydrogens (tertiary/aromatic N) is 2. The lowest BCUT2D eigenvalue weighted by molar-refractivity contribution is -0.142. The van der Waals surface area contributed by atoms with Gasteiger partial charge < -0.3 is 4.90 Å². The van der Waals surface area contributed by atoms with Crippen LogP contribution in [-0.4, -0.2) is 22.5 Å². The molecule has 1 atom stereocenters. The van der Waals surface area contributed by atoms with Gasteiger partial charge >= 0.3 is 12.4 Å². The number of fused-ring (bicyclic) bond motifs is 1. The molecule has 1 heterocycles. The standard InChI is InChI=1S/C27H30F6N2/c1-4-5-7-11-19(3)35(20-12-8-6-9-13-20)17-18(2)22-16-24(27(31,32)33)34-25-21(22)14-10-15-23(25)26(28,29)30/h4-5,7,10-11,14-16,18,20H,1,6,8-9,12-13,17H2,2-3H3. The number of pyridine rings is 1. The third kappa shape index (κ3) is 6.47. The fraction of sp³-hybridized carbons (Fsp3) is 0.444. The molecule has 1 fully saturated rings. The van der Waals surface area contributed by atoms with Gasteiger partial charge in [-0.2, -0.15) is 26.3 Å².